The summed E-state index contributed by atoms with van der Waals surface area (Å²) in [6.45, 7) is 1.56. The number of hydrogen-bond acceptors (Lipinski definition) is 6. The van der Waals surface area contributed by atoms with Gasteiger partial charge in [0, 0.05) is 19.6 Å². The van der Waals surface area contributed by atoms with Crippen LogP contribution in [0.3, 0.4) is 0 Å². The molecule has 0 bridgehead atoms. The van der Waals surface area contributed by atoms with Crippen LogP contribution in [0.1, 0.15) is 16.9 Å². The number of aromatic nitrogens is 3. The summed E-state index contributed by atoms with van der Waals surface area (Å²) < 4.78 is 24.5. The Labute approximate surface area is 111 Å². The molecule has 0 atom stereocenters. The van der Waals surface area contributed by atoms with E-state index in [-0.39, 0.29) is 29.7 Å². The molecule has 0 aromatic carbocycles. The summed E-state index contributed by atoms with van der Waals surface area (Å²) in [7, 11) is -3.02. The molecule has 0 radical (unpaired) electrons. The lowest BCUT2D eigenvalue weighted by molar-refractivity contribution is 0.0762. The second-order valence-corrected chi connectivity index (χ2v) is 6.76. The highest BCUT2D eigenvalue weighted by Crippen LogP contribution is 2.08. The highest BCUT2D eigenvalue weighted by molar-refractivity contribution is 7.91. The number of amides is 1. The van der Waals surface area contributed by atoms with Gasteiger partial charge in [-0.3, -0.25) is 9.48 Å². The molecule has 0 aliphatic carbocycles. The Kier molecular flexibility index (Phi) is 4.15. The van der Waals surface area contributed by atoms with E-state index in [1.807, 2.05) is 0 Å². The normalized spacial score (nSPS) is 19.1. The molecule has 1 fully saturated rings. The van der Waals surface area contributed by atoms with Gasteiger partial charge in [0.2, 0.25) is 0 Å². The fourth-order valence-electron chi connectivity index (χ4n) is 1.94. The predicted molar refractivity (Wildman–Crippen MR) is 68.3 cm³/mol. The second-order valence-electron chi connectivity index (χ2n) is 4.45. The molecular weight excluding hydrogens is 270 g/mol. The molecule has 2 N–H and O–H groups in total. The van der Waals surface area contributed by atoms with Crippen molar-refractivity contribution in [1.29, 1.82) is 0 Å². The van der Waals surface area contributed by atoms with Crippen molar-refractivity contribution in [3.05, 3.63) is 11.9 Å². The van der Waals surface area contributed by atoms with Crippen molar-refractivity contribution in [2.24, 2.45) is 5.73 Å². The molecule has 2 heterocycles. The maximum atomic E-state index is 12.2. The van der Waals surface area contributed by atoms with Crippen LogP contribution in [0.2, 0.25) is 0 Å². The second kappa shape index (κ2) is 5.66. The lowest BCUT2D eigenvalue weighted by Crippen LogP contribution is -2.33. The van der Waals surface area contributed by atoms with E-state index in [1.165, 1.54) is 15.8 Å². The number of sulfone groups is 1. The smallest absolute Gasteiger partial charge is 0.276 e. The molecule has 1 aromatic heterocycles. The number of carbonyl (C=O) groups is 1. The molecule has 8 nitrogen and oxygen atoms in total. The minimum Gasteiger partial charge on any atom is -0.336 e. The van der Waals surface area contributed by atoms with Gasteiger partial charge in [0.1, 0.15) is 0 Å². The van der Waals surface area contributed by atoms with Crippen LogP contribution in [0, 0.1) is 0 Å². The average molecular weight is 287 g/mol. The third kappa shape index (κ3) is 3.51. The third-order valence-corrected chi connectivity index (χ3v) is 4.67. The van der Waals surface area contributed by atoms with E-state index < -0.39 is 9.84 Å². The molecule has 0 saturated carbocycles. The lowest BCUT2D eigenvalue weighted by Gasteiger charge is -2.17. The van der Waals surface area contributed by atoms with E-state index in [4.69, 9.17) is 5.73 Å². The Bertz CT molecular complexity index is 553. The van der Waals surface area contributed by atoms with E-state index >= 15 is 0 Å². The van der Waals surface area contributed by atoms with Crippen LogP contribution >= 0.6 is 0 Å². The molecule has 1 aromatic rings. The Morgan fingerprint density at radius 2 is 2.16 bits per heavy atom. The molecule has 2 rings (SSSR count). The number of nitrogens with zero attached hydrogens (tertiary/aromatic N) is 4. The summed E-state index contributed by atoms with van der Waals surface area (Å²) in [5, 5.41) is 7.59. The van der Waals surface area contributed by atoms with Crippen LogP contribution in [0.25, 0.3) is 0 Å². The summed E-state index contributed by atoms with van der Waals surface area (Å²) >= 11 is 0. The van der Waals surface area contributed by atoms with Crippen molar-refractivity contribution >= 4 is 15.7 Å². The van der Waals surface area contributed by atoms with Crippen LogP contribution in [-0.2, 0) is 16.4 Å². The SMILES string of the molecule is NCCn1cc(C(=O)N2CCCS(=O)(=O)CC2)nn1. The molecule has 0 unspecified atom stereocenters. The van der Waals surface area contributed by atoms with Crippen molar-refractivity contribution in [1.82, 2.24) is 19.9 Å². The van der Waals surface area contributed by atoms with Gasteiger partial charge >= 0.3 is 0 Å². The average Bonchev–Trinajstić information content (AvgIpc) is 2.74. The zero-order valence-electron chi connectivity index (χ0n) is 10.5. The minimum absolute atomic E-state index is 0.00960. The highest BCUT2D eigenvalue weighted by Gasteiger charge is 2.24. The van der Waals surface area contributed by atoms with Gasteiger partial charge < -0.3 is 10.6 Å². The maximum absolute atomic E-state index is 12.2. The number of rotatable bonds is 3. The van der Waals surface area contributed by atoms with Crippen molar-refractivity contribution in [3.8, 4) is 0 Å². The van der Waals surface area contributed by atoms with E-state index in [0.717, 1.165) is 0 Å². The quantitative estimate of drug-likeness (QED) is 0.724. The van der Waals surface area contributed by atoms with Gasteiger partial charge in [-0.2, -0.15) is 0 Å². The van der Waals surface area contributed by atoms with Gasteiger partial charge in [0.25, 0.3) is 5.91 Å². The first-order valence-electron chi connectivity index (χ1n) is 6.12. The summed E-state index contributed by atoms with van der Waals surface area (Å²) in [6.07, 6.45) is 2.00. The Morgan fingerprint density at radius 3 is 2.89 bits per heavy atom. The molecule has 106 valence electrons. The van der Waals surface area contributed by atoms with Crippen molar-refractivity contribution in [2.45, 2.75) is 13.0 Å². The molecule has 1 amide bonds. The van der Waals surface area contributed by atoms with Crippen LogP contribution in [-0.4, -0.2) is 65.4 Å². The molecule has 1 saturated heterocycles. The van der Waals surface area contributed by atoms with Crippen LogP contribution < -0.4 is 5.73 Å². The minimum atomic E-state index is -3.02. The van der Waals surface area contributed by atoms with Gasteiger partial charge in [-0.05, 0) is 6.42 Å². The lowest BCUT2D eigenvalue weighted by atomic mass is 10.3. The number of carbonyl (C=O) groups excluding carboxylic acids is 1. The first-order valence-corrected chi connectivity index (χ1v) is 7.94. The van der Waals surface area contributed by atoms with Crippen LogP contribution in [0.4, 0.5) is 0 Å². The first kappa shape index (κ1) is 13.9. The maximum Gasteiger partial charge on any atom is 0.276 e. The molecule has 1 aliphatic heterocycles. The van der Waals surface area contributed by atoms with Gasteiger partial charge in [0.05, 0.1) is 24.2 Å². The third-order valence-electron chi connectivity index (χ3n) is 2.96. The van der Waals surface area contributed by atoms with Gasteiger partial charge in [0.15, 0.2) is 15.5 Å². The topological polar surface area (TPSA) is 111 Å². The first-order chi connectivity index (χ1) is 9.02. The number of hydrogen-bond donors (Lipinski definition) is 1. The van der Waals surface area contributed by atoms with Gasteiger partial charge in [-0.1, -0.05) is 5.21 Å². The zero-order chi connectivity index (χ0) is 13.9. The standard InChI is InChI=1S/C10H17N5O3S/c11-2-4-15-8-9(12-13-15)10(16)14-3-1-6-19(17,18)7-5-14/h8H,1-7,11H2. The monoisotopic (exact) mass is 287 g/mol. The fraction of sp³-hybridized carbons (Fsp3) is 0.700. The summed E-state index contributed by atoms with van der Waals surface area (Å²) in [6, 6.07) is 0. The molecule has 9 heteroatoms. The Hall–Kier alpha value is -1.48. The van der Waals surface area contributed by atoms with Crippen molar-refractivity contribution in [2.75, 3.05) is 31.1 Å². The largest absolute Gasteiger partial charge is 0.336 e. The summed E-state index contributed by atoms with van der Waals surface area (Å²) in [4.78, 5) is 13.7. The summed E-state index contributed by atoms with van der Waals surface area (Å²) in [5.41, 5.74) is 5.62. The van der Waals surface area contributed by atoms with Crippen LogP contribution in [0.5, 0.6) is 0 Å². The van der Waals surface area contributed by atoms with Crippen LogP contribution in [0.15, 0.2) is 6.20 Å². The van der Waals surface area contributed by atoms with E-state index in [0.29, 0.717) is 26.1 Å². The predicted octanol–water partition coefficient (Wildman–Crippen LogP) is -1.50. The Morgan fingerprint density at radius 1 is 1.37 bits per heavy atom. The van der Waals surface area contributed by atoms with Crippen molar-refractivity contribution in [3.63, 3.8) is 0 Å². The molecule has 0 spiro atoms. The molecular formula is C10H17N5O3S. The van der Waals surface area contributed by atoms with Crippen molar-refractivity contribution < 1.29 is 13.2 Å². The van der Waals surface area contributed by atoms with E-state index in [1.54, 1.807) is 0 Å². The van der Waals surface area contributed by atoms with Gasteiger partial charge in [-0.15, -0.1) is 5.10 Å². The van der Waals surface area contributed by atoms with Gasteiger partial charge in [-0.25, -0.2) is 8.42 Å². The van der Waals surface area contributed by atoms with E-state index in [2.05, 4.69) is 10.3 Å². The highest BCUT2D eigenvalue weighted by atomic mass is 32.2. The number of nitrogens with two attached hydrogens (primary N) is 1. The van der Waals surface area contributed by atoms with E-state index in [9.17, 15) is 13.2 Å². The molecule has 19 heavy (non-hydrogen) atoms. The fourth-order valence-corrected chi connectivity index (χ4v) is 3.21. The molecule has 1 aliphatic rings. The Balaban J connectivity index is 2.06. The zero-order valence-corrected chi connectivity index (χ0v) is 11.3. The summed E-state index contributed by atoms with van der Waals surface area (Å²) in [5.74, 6) is -0.132.